The molecule has 0 unspecified atom stereocenters. The van der Waals surface area contributed by atoms with Gasteiger partial charge in [0.05, 0.1) is 0 Å². The lowest BCUT2D eigenvalue weighted by Crippen LogP contribution is -2.43. The average Bonchev–Trinajstić information content (AvgIpc) is 1.82. The van der Waals surface area contributed by atoms with Crippen LogP contribution in [0.25, 0.3) is 0 Å². The van der Waals surface area contributed by atoms with Crippen LogP contribution in [0.3, 0.4) is 0 Å². The highest BCUT2D eigenvalue weighted by Gasteiger charge is 2.45. The first-order valence-corrected chi connectivity index (χ1v) is 3.12. The van der Waals surface area contributed by atoms with E-state index in [2.05, 4.69) is 5.73 Å². The summed E-state index contributed by atoms with van der Waals surface area (Å²) in [7, 11) is 0. The molecule has 0 aromatic rings. The van der Waals surface area contributed by atoms with Crippen molar-refractivity contribution in [2.75, 3.05) is 0 Å². The van der Waals surface area contributed by atoms with Crippen LogP contribution < -0.4 is 5.73 Å². The van der Waals surface area contributed by atoms with Crippen molar-refractivity contribution in [1.82, 2.24) is 0 Å². The van der Waals surface area contributed by atoms with Crippen molar-refractivity contribution in [3.05, 3.63) is 0 Å². The number of hydrogen-bond acceptors (Lipinski definition) is 2. The van der Waals surface area contributed by atoms with Crippen LogP contribution in [0.15, 0.2) is 0 Å². The van der Waals surface area contributed by atoms with Crippen molar-refractivity contribution in [3.63, 3.8) is 0 Å². The highest BCUT2D eigenvalue weighted by molar-refractivity contribution is 4.77. The molecule has 0 radical (unpaired) electrons. The van der Waals surface area contributed by atoms with Crippen molar-refractivity contribution in [2.24, 2.45) is 5.73 Å². The zero-order valence-corrected chi connectivity index (χ0v) is 6.15. The molecule has 0 bridgehead atoms. The van der Waals surface area contributed by atoms with Gasteiger partial charge in [-0.05, 0) is 0 Å². The smallest absolute Gasteiger partial charge is 0.384 e. The third-order valence-corrected chi connectivity index (χ3v) is 1.28. The van der Waals surface area contributed by atoms with Gasteiger partial charge in [-0.15, -0.1) is 0 Å². The number of aliphatic hydroxyl groups excluding tert-OH is 1. The Morgan fingerprint density at radius 3 is 1.62 bits per heavy atom. The predicted octanol–water partition coefficient (Wildman–Crippen LogP) is 1.19. The summed E-state index contributed by atoms with van der Waals surface area (Å²) in [5.41, 5.74) is 4.36. The van der Waals surface area contributed by atoms with E-state index in [4.69, 9.17) is 5.11 Å². The van der Waals surface area contributed by atoms with Crippen LogP contribution in [-0.2, 0) is 0 Å². The molecular formula is C5H7F6NO. The van der Waals surface area contributed by atoms with Gasteiger partial charge >= 0.3 is 12.4 Å². The number of aliphatic hydroxyl groups is 1. The number of hydrogen-bond donors (Lipinski definition) is 2. The van der Waals surface area contributed by atoms with Crippen molar-refractivity contribution in [3.8, 4) is 0 Å². The Morgan fingerprint density at radius 2 is 1.38 bits per heavy atom. The Balaban J connectivity index is 4.15. The molecule has 0 aliphatic carbocycles. The fourth-order valence-electron chi connectivity index (χ4n) is 0.508. The first-order valence-electron chi connectivity index (χ1n) is 3.12. The summed E-state index contributed by atoms with van der Waals surface area (Å²) in [4.78, 5) is 0. The first-order chi connectivity index (χ1) is 5.55. The Bertz CT molecular complexity index is 145. The van der Waals surface area contributed by atoms with Crippen LogP contribution in [-0.4, -0.2) is 29.6 Å². The van der Waals surface area contributed by atoms with E-state index in [0.717, 1.165) is 0 Å². The molecule has 2 atom stereocenters. The standard InChI is InChI=1S/C5H7F6NO/c6-4(7,8)2(12)1-3(13)5(9,10)11/h2-3,13H,1,12H2/t2-,3+/m1/s1. The van der Waals surface area contributed by atoms with Crippen LogP contribution in [0.4, 0.5) is 26.3 Å². The minimum Gasteiger partial charge on any atom is -0.384 e. The lowest BCUT2D eigenvalue weighted by molar-refractivity contribution is -0.219. The molecular weight excluding hydrogens is 204 g/mol. The van der Waals surface area contributed by atoms with Gasteiger partial charge in [0.15, 0.2) is 6.10 Å². The summed E-state index contributed by atoms with van der Waals surface area (Å²) in [5, 5.41) is 8.21. The van der Waals surface area contributed by atoms with Gasteiger partial charge in [-0.25, -0.2) is 0 Å². The maximum atomic E-state index is 11.6. The lowest BCUT2D eigenvalue weighted by Gasteiger charge is -2.20. The maximum absolute atomic E-state index is 11.6. The molecule has 0 aromatic carbocycles. The predicted molar refractivity (Wildman–Crippen MR) is 30.7 cm³/mol. The van der Waals surface area contributed by atoms with Crippen molar-refractivity contribution in [2.45, 2.75) is 30.9 Å². The van der Waals surface area contributed by atoms with E-state index in [0.29, 0.717) is 0 Å². The van der Waals surface area contributed by atoms with Gasteiger partial charge in [0.2, 0.25) is 0 Å². The molecule has 0 saturated heterocycles. The van der Waals surface area contributed by atoms with Gasteiger partial charge < -0.3 is 10.8 Å². The van der Waals surface area contributed by atoms with Gasteiger partial charge in [-0.3, -0.25) is 0 Å². The summed E-state index contributed by atoms with van der Waals surface area (Å²) < 4.78 is 69.4. The molecule has 0 aromatic heterocycles. The topological polar surface area (TPSA) is 46.2 Å². The fraction of sp³-hybridized carbons (Fsp3) is 1.00. The van der Waals surface area contributed by atoms with Crippen LogP contribution in [0, 0.1) is 0 Å². The highest BCUT2D eigenvalue weighted by atomic mass is 19.4. The number of alkyl halides is 6. The SMILES string of the molecule is N[C@H](C[C@H](O)C(F)(F)F)C(F)(F)F. The van der Waals surface area contributed by atoms with Crippen LogP contribution >= 0.6 is 0 Å². The molecule has 8 heteroatoms. The minimum absolute atomic E-state index is 1.58. The highest BCUT2D eigenvalue weighted by Crippen LogP contribution is 2.28. The molecule has 0 heterocycles. The monoisotopic (exact) mass is 211 g/mol. The zero-order chi connectivity index (χ0) is 10.9. The maximum Gasteiger partial charge on any atom is 0.414 e. The van der Waals surface area contributed by atoms with Crippen LogP contribution in [0.1, 0.15) is 6.42 Å². The summed E-state index contributed by atoms with van der Waals surface area (Å²) in [6, 6.07) is -2.66. The molecule has 0 rings (SSSR count). The Kier molecular flexibility index (Phi) is 3.56. The molecule has 0 aliphatic heterocycles. The molecule has 3 N–H and O–H groups in total. The lowest BCUT2D eigenvalue weighted by atomic mass is 10.1. The first kappa shape index (κ1) is 12.5. The summed E-state index contributed by atoms with van der Waals surface area (Å²) in [6.07, 6.45) is -14.6. The van der Waals surface area contributed by atoms with E-state index in [1.165, 1.54) is 0 Å². The van der Waals surface area contributed by atoms with E-state index >= 15 is 0 Å². The van der Waals surface area contributed by atoms with Gasteiger partial charge in [0.1, 0.15) is 6.04 Å². The van der Waals surface area contributed by atoms with Gasteiger partial charge in [0, 0.05) is 6.42 Å². The Labute approximate surface area is 69.3 Å². The molecule has 2 nitrogen and oxygen atoms in total. The molecule has 0 spiro atoms. The minimum atomic E-state index is -5.07. The van der Waals surface area contributed by atoms with E-state index in [9.17, 15) is 26.3 Å². The Hall–Kier alpha value is -0.500. The number of halogens is 6. The summed E-state index contributed by atoms with van der Waals surface area (Å²) >= 11 is 0. The number of rotatable bonds is 2. The molecule has 0 saturated carbocycles. The second-order valence-corrected chi connectivity index (χ2v) is 2.44. The molecule has 0 amide bonds. The van der Waals surface area contributed by atoms with E-state index in [-0.39, 0.29) is 0 Å². The summed E-state index contributed by atoms with van der Waals surface area (Å²) in [5.74, 6) is 0. The van der Waals surface area contributed by atoms with Crippen molar-refractivity contribution < 1.29 is 31.4 Å². The van der Waals surface area contributed by atoms with Gasteiger partial charge in [-0.2, -0.15) is 26.3 Å². The molecule has 0 aliphatic rings. The quantitative estimate of drug-likeness (QED) is 0.674. The largest absolute Gasteiger partial charge is 0.414 e. The molecule has 13 heavy (non-hydrogen) atoms. The van der Waals surface area contributed by atoms with E-state index < -0.39 is 30.9 Å². The molecule has 80 valence electrons. The Morgan fingerprint density at radius 1 is 1.00 bits per heavy atom. The third-order valence-electron chi connectivity index (χ3n) is 1.28. The second kappa shape index (κ2) is 3.70. The number of nitrogens with two attached hydrogens (primary N) is 1. The average molecular weight is 211 g/mol. The second-order valence-electron chi connectivity index (χ2n) is 2.44. The fourth-order valence-corrected chi connectivity index (χ4v) is 0.508. The van der Waals surface area contributed by atoms with Crippen LogP contribution in [0.2, 0.25) is 0 Å². The molecule has 0 fully saturated rings. The van der Waals surface area contributed by atoms with Gasteiger partial charge in [0.25, 0.3) is 0 Å². The van der Waals surface area contributed by atoms with Crippen molar-refractivity contribution in [1.29, 1.82) is 0 Å². The van der Waals surface area contributed by atoms with E-state index in [1.54, 1.807) is 0 Å². The normalized spacial score (nSPS) is 18.5. The van der Waals surface area contributed by atoms with Gasteiger partial charge in [-0.1, -0.05) is 0 Å². The summed E-state index contributed by atoms with van der Waals surface area (Å²) in [6.45, 7) is 0. The third kappa shape index (κ3) is 4.32. The van der Waals surface area contributed by atoms with Crippen LogP contribution in [0.5, 0.6) is 0 Å². The zero-order valence-electron chi connectivity index (χ0n) is 6.15. The van der Waals surface area contributed by atoms with E-state index in [1.807, 2.05) is 0 Å². The van der Waals surface area contributed by atoms with Crippen molar-refractivity contribution >= 4 is 0 Å².